The molecular formula is C21H25NO4. The monoisotopic (exact) mass is 355 g/mol. The Balaban J connectivity index is 2.16. The molecule has 0 bridgehead atoms. The fourth-order valence-corrected chi connectivity index (χ4v) is 3.83. The first-order valence-corrected chi connectivity index (χ1v) is 8.82. The van der Waals surface area contributed by atoms with Crippen LogP contribution in [0.2, 0.25) is 0 Å². The standard InChI is InChI=1S/C21H25NO4/c1-14-7-4-5-8-16(14)20(22-12-6-9-18(22)21(23)24)17-11-10-15(25-2)13-19(17)26-3/h4-5,7-8,10-11,13,18,20H,6,9,12H2,1-3H3,(H,23,24). The maximum atomic E-state index is 11.8. The van der Waals surface area contributed by atoms with Crippen LogP contribution in [-0.2, 0) is 4.79 Å². The molecule has 1 N–H and O–H groups in total. The van der Waals surface area contributed by atoms with Gasteiger partial charge in [0, 0.05) is 18.2 Å². The molecule has 1 fully saturated rings. The largest absolute Gasteiger partial charge is 0.497 e. The lowest BCUT2D eigenvalue weighted by molar-refractivity contribution is -0.142. The number of rotatable bonds is 6. The zero-order valence-electron chi connectivity index (χ0n) is 15.4. The van der Waals surface area contributed by atoms with Crippen molar-refractivity contribution in [3.05, 3.63) is 59.2 Å². The van der Waals surface area contributed by atoms with Gasteiger partial charge in [-0.25, -0.2) is 0 Å². The zero-order chi connectivity index (χ0) is 18.7. The Kier molecular flexibility index (Phi) is 5.47. The van der Waals surface area contributed by atoms with Gasteiger partial charge in [-0.1, -0.05) is 24.3 Å². The summed E-state index contributed by atoms with van der Waals surface area (Å²) in [5.41, 5.74) is 3.19. The lowest BCUT2D eigenvalue weighted by atomic mass is 9.92. The highest BCUT2D eigenvalue weighted by Gasteiger charge is 2.38. The van der Waals surface area contributed by atoms with Crippen molar-refractivity contribution in [2.45, 2.75) is 31.8 Å². The number of hydrogen-bond donors (Lipinski definition) is 1. The zero-order valence-corrected chi connectivity index (χ0v) is 15.4. The number of carboxylic acid groups (broad SMARTS) is 1. The molecule has 0 radical (unpaired) electrons. The molecule has 2 unspecified atom stereocenters. The van der Waals surface area contributed by atoms with Crippen molar-refractivity contribution >= 4 is 5.97 Å². The number of carboxylic acids is 1. The number of likely N-dealkylation sites (tertiary alicyclic amines) is 1. The Morgan fingerprint density at radius 2 is 1.92 bits per heavy atom. The molecule has 2 atom stereocenters. The minimum Gasteiger partial charge on any atom is -0.497 e. The van der Waals surface area contributed by atoms with Gasteiger partial charge in [-0.05, 0) is 43.0 Å². The first kappa shape index (κ1) is 18.3. The molecule has 2 aromatic rings. The van der Waals surface area contributed by atoms with E-state index in [9.17, 15) is 9.90 Å². The SMILES string of the molecule is COc1ccc(C(c2ccccc2C)N2CCCC2C(=O)O)c(OC)c1. The molecule has 0 saturated carbocycles. The van der Waals surface area contributed by atoms with Gasteiger partial charge in [0.2, 0.25) is 0 Å². The number of hydrogen-bond acceptors (Lipinski definition) is 4. The third-order valence-electron chi connectivity index (χ3n) is 5.13. The van der Waals surface area contributed by atoms with Crippen molar-refractivity contribution < 1.29 is 19.4 Å². The molecule has 5 heteroatoms. The van der Waals surface area contributed by atoms with Gasteiger partial charge < -0.3 is 14.6 Å². The smallest absolute Gasteiger partial charge is 0.320 e. The summed E-state index contributed by atoms with van der Waals surface area (Å²) in [5, 5.41) is 9.71. The number of benzene rings is 2. The fraction of sp³-hybridized carbons (Fsp3) is 0.381. The van der Waals surface area contributed by atoms with E-state index >= 15 is 0 Å². The summed E-state index contributed by atoms with van der Waals surface area (Å²) in [6.07, 6.45) is 1.54. The third kappa shape index (κ3) is 3.40. The van der Waals surface area contributed by atoms with Crippen LogP contribution in [-0.4, -0.2) is 42.8 Å². The molecule has 1 aliphatic rings. The topological polar surface area (TPSA) is 59.0 Å². The molecule has 0 aromatic heterocycles. The number of aliphatic carboxylic acids is 1. The average molecular weight is 355 g/mol. The molecule has 2 aromatic carbocycles. The molecule has 0 amide bonds. The van der Waals surface area contributed by atoms with Gasteiger partial charge in [0.1, 0.15) is 17.5 Å². The van der Waals surface area contributed by atoms with E-state index in [-0.39, 0.29) is 6.04 Å². The van der Waals surface area contributed by atoms with E-state index in [4.69, 9.17) is 9.47 Å². The van der Waals surface area contributed by atoms with Gasteiger partial charge in [-0.15, -0.1) is 0 Å². The number of carbonyl (C=O) groups is 1. The quantitative estimate of drug-likeness (QED) is 0.857. The second-order valence-electron chi connectivity index (χ2n) is 6.60. The van der Waals surface area contributed by atoms with Gasteiger partial charge in [-0.2, -0.15) is 0 Å². The lowest BCUT2D eigenvalue weighted by Crippen LogP contribution is -2.39. The van der Waals surface area contributed by atoms with E-state index in [1.165, 1.54) is 0 Å². The summed E-state index contributed by atoms with van der Waals surface area (Å²) < 4.78 is 10.9. The van der Waals surface area contributed by atoms with Crippen LogP contribution < -0.4 is 9.47 Å². The molecule has 138 valence electrons. The van der Waals surface area contributed by atoms with Crippen LogP contribution in [0.4, 0.5) is 0 Å². The Bertz CT molecular complexity index is 789. The van der Waals surface area contributed by atoms with Crippen molar-refractivity contribution in [2.75, 3.05) is 20.8 Å². The highest BCUT2D eigenvalue weighted by atomic mass is 16.5. The number of aryl methyl sites for hydroxylation is 1. The minimum atomic E-state index is -0.770. The van der Waals surface area contributed by atoms with Crippen LogP contribution in [0.5, 0.6) is 11.5 Å². The summed E-state index contributed by atoms with van der Waals surface area (Å²) in [6, 6.07) is 13.2. The fourth-order valence-electron chi connectivity index (χ4n) is 3.83. The van der Waals surface area contributed by atoms with Crippen LogP contribution in [0.3, 0.4) is 0 Å². The maximum Gasteiger partial charge on any atom is 0.320 e. The summed E-state index contributed by atoms with van der Waals surface area (Å²) in [5.74, 6) is 0.646. The van der Waals surface area contributed by atoms with Gasteiger partial charge in [0.25, 0.3) is 0 Å². The number of ether oxygens (including phenoxy) is 2. The highest BCUT2D eigenvalue weighted by Crippen LogP contribution is 2.41. The van der Waals surface area contributed by atoms with Gasteiger partial charge in [0.05, 0.1) is 20.3 Å². The summed E-state index contributed by atoms with van der Waals surface area (Å²) in [4.78, 5) is 13.9. The summed E-state index contributed by atoms with van der Waals surface area (Å²) in [6.45, 7) is 2.80. The molecule has 5 nitrogen and oxygen atoms in total. The van der Waals surface area contributed by atoms with Crippen molar-refractivity contribution in [3.63, 3.8) is 0 Å². The van der Waals surface area contributed by atoms with E-state index in [1.807, 2.05) is 30.3 Å². The Hall–Kier alpha value is -2.53. The van der Waals surface area contributed by atoms with Crippen LogP contribution in [0.25, 0.3) is 0 Å². The second kappa shape index (κ2) is 7.79. The van der Waals surface area contributed by atoms with Crippen molar-refractivity contribution in [3.8, 4) is 11.5 Å². The minimum absolute atomic E-state index is 0.180. The molecule has 1 saturated heterocycles. The molecular weight excluding hydrogens is 330 g/mol. The molecule has 26 heavy (non-hydrogen) atoms. The maximum absolute atomic E-state index is 11.8. The Labute approximate surface area is 154 Å². The second-order valence-corrected chi connectivity index (χ2v) is 6.60. The Morgan fingerprint density at radius 1 is 1.15 bits per heavy atom. The first-order chi connectivity index (χ1) is 12.6. The van der Waals surface area contributed by atoms with Crippen molar-refractivity contribution in [1.29, 1.82) is 0 Å². The molecule has 0 aliphatic carbocycles. The van der Waals surface area contributed by atoms with E-state index in [0.717, 1.165) is 29.7 Å². The predicted octanol–water partition coefficient (Wildman–Crippen LogP) is 3.65. The summed E-state index contributed by atoms with van der Waals surface area (Å²) >= 11 is 0. The van der Waals surface area contributed by atoms with Gasteiger partial charge in [0.15, 0.2) is 0 Å². The molecule has 3 rings (SSSR count). The molecule has 0 spiro atoms. The van der Waals surface area contributed by atoms with E-state index in [2.05, 4.69) is 24.0 Å². The predicted molar refractivity (Wildman–Crippen MR) is 99.9 cm³/mol. The van der Waals surface area contributed by atoms with Crippen molar-refractivity contribution in [2.24, 2.45) is 0 Å². The number of methoxy groups -OCH3 is 2. The van der Waals surface area contributed by atoms with Gasteiger partial charge >= 0.3 is 5.97 Å². The molecule has 1 heterocycles. The lowest BCUT2D eigenvalue weighted by Gasteiger charge is -2.33. The third-order valence-corrected chi connectivity index (χ3v) is 5.13. The first-order valence-electron chi connectivity index (χ1n) is 8.82. The number of nitrogens with zero attached hydrogens (tertiary/aromatic N) is 1. The highest BCUT2D eigenvalue weighted by molar-refractivity contribution is 5.74. The van der Waals surface area contributed by atoms with Crippen LogP contribution in [0, 0.1) is 6.92 Å². The van der Waals surface area contributed by atoms with Gasteiger partial charge in [-0.3, -0.25) is 9.69 Å². The van der Waals surface area contributed by atoms with E-state index in [1.54, 1.807) is 14.2 Å². The van der Waals surface area contributed by atoms with E-state index in [0.29, 0.717) is 17.9 Å². The van der Waals surface area contributed by atoms with Crippen molar-refractivity contribution in [1.82, 2.24) is 4.90 Å². The van der Waals surface area contributed by atoms with Crippen LogP contribution in [0.1, 0.15) is 35.6 Å². The van der Waals surface area contributed by atoms with Crippen LogP contribution >= 0.6 is 0 Å². The van der Waals surface area contributed by atoms with E-state index < -0.39 is 12.0 Å². The summed E-state index contributed by atoms with van der Waals surface area (Å²) in [7, 11) is 3.25. The van der Waals surface area contributed by atoms with Crippen LogP contribution in [0.15, 0.2) is 42.5 Å². The average Bonchev–Trinajstić information content (AvgIpc) is 3.13. The molecule has 1 aliphatic heterocycles. The Morgan fingerprint density at radius 3 is 2.58 bits per heavy atom. The normalized spacial score (nSPS) is 18.5.